The quantitative estimate of drug-likeness (QED) is 0.848. The SMILES string of the molecule is CCC(N)c1ccc(-c2cccc(F)c2)cc1. The molecule has 0 heterocycles. The summed E-state index contributed by atoms with van der Waals surface area (Å²) in [5, 5.41) is 0. The fraction of sp³-hybridized carbons (Fsp3) is 0.200. The van der Waals surface area contributed by atoms with E-state index in [1.807, 2.05) is 30.3 Å². The van der Waals surface area contributed by atoms with Gasteiger partial charge in [0, 0.05) is 6.04 Å². The van der Waals surface area contributed by atoms with Gasteiger partial charge in [-0.05, 0) is 35.2 Å². The Morgan fingerprint density at radius 3 is 2.35 bits per heavy atom. The summed E-state index contributed by atoms with van der Waals surface area (Å²) in [6.45, 7) is 2.06. The topological polar surface area (TPSA) is 26.0 Å². The minimum atomic E-state index is -0.211. The zero-order chi connectivity index (χ0) is 12.3. The molecule has 1 unspecified atom stereocenters. The molecule has 0 saturated carbocycles. The predicted molar refractivity (Wildman–Crippen MR) is 69.1 cm³/mol. The number of hydrogen-bond acceptors (Lipinski definition) is 1. The highest BCUT2D eigenvalue weighted by molar-refractivity contribution is 5.63. The summed E-state index contributed by atoms with van der Waals surface area (Å²) in [5.74, 6) is -0.211. The summed E-state index contributed by atoms with van der Waals surface area (Å²) in [7, 11) is 0. The molecule has 2 aromatic rings. The number of rotatable bonds is 3. The van der Waals surface area contributed by atoms with Gasteiger partial charge in [-0.3, -0.25) is 0 Å². The van der Waals surface area contributed by atoms with E-state index in [-0.39, 0.29) is 11.9 Å². The van der Waals surface area contributed by atoms with Crippen LogP contribution in [-0.2, 0) is 0 Å². The van der Waals surface area contributed by atoms with Crippen LogP contribution in [0.2, 0.25) is 0 Å². The van der Waals surface area contributed by atoms with Crippen molar-refractivity contribution in [2.45, 2.75) is 19.4 Å². The van der Waals surface area contributed by atoms with Crippen molar-refractivity contribution in [2.75, 3.05) is 0 Å². The molecule has 1 atom stereocenters. The molecule has 1 nitrogen and oxygen atoms in total. The van der Waals surface area contributed by atoms with Crippen LogP contribution >= 0.6 is 0 Å². The van der Waals surface area contributed by atoms with Crippen molar-refractivity contribution in [3.8, 4) is 11.1 Å². The summed E-state index contributed by atoms with van der Waals surface area (Å²) in [6.07, 6.45) is 0.916. The lowest BCUT2D eigenvalue weighted by Crippen LogP contribution is -2.08. The highest BCUT2D eigenvalue weighted by atomic mass is 19.1. The van der Waals surface area contributed by atoms with Crippen molar-refractivity contribution >= 4 is 0 Å². The van der Waals surface area contributed by atoms with Gasteiger partial charge in [-0.25, -0.2) is 4.39 Å². The molecule has 0 aliphatic rings. The van der Waals surface area contributed by atoms with E-state index >= 15 is 0 Å². The maximum Gasteiger partial charge on any atom is 0.123 e. The highest BCUT2D eigenvalue weighted by Gasteiger charge is 2.04. The summed E-state index contributed by atoms with van der Waals surface area (Å²) >= 11 is 0. The molecular formula is C15H16FN. The molecule has 0 spiro atoms. The van der Waals surface area contributed by atoms with E-state index in [0.717, 1.165) is 23.1 Å². The van der Waals surface area contributed by atoms with Crippen LogP contribution in [0.15, 0.2) is 48.5 Å². The van der Waals surface area contributed by atoms with E-state index < -0.39 is 0 Å². The lowest BCUT2D eigenvalue weighted by Gasteiger charge is -2.10. The summed E-state index contributed by atoms with van der Waals surface area (Å²) < 4.78 is 13.1. The molecule has 0 saturated heterocycles. The first kappa shape index (κ1) is 11.8. The third-order valence-electron chi connectivity index (χ3n) is 2.94. The van der Waals surface area contributed by atoms with Crippen LogP contribution in [0.4, 0.5) is 4.39 Å². The number of halogens is 1. The Balaban J connectivity index is 2.29. The van der Waals surface area contributed by atoms with E-state index in [1.165, 1.54) is 12.1 Å². The molecule has 0 amide bonds. The van der Waals surface area contributed by atoms with Crippen molar-refractivity contribution in [3.63, 3.8) is 0 Å². The van der Waals surface area contributed by atoms with Crippen LogP contribution in [0, 0.1) is 5.82 Å². The molecule has 2 heteroatoms. The van der Waals surface area contributed by atoms with Gasteiger partial charge in [-0.1, -0.05) is 43.3 Å². The molecule has 17 heavy (non-hydrogen) atoms. The van der Waals surface area contributed by atoms with E-state index in [2.05, 4.69) is 6.92 Å². The summed E-state index contributed by atoms with van der Waals surface area (Å²) in [6, 6.07) is 14.7. The van der Waals surface area contributed by atoms with Gasteiger partial charge in [0.05, 0.1) is 0 Å². The average Bonchev–Trinajstić information content (AvgIpc) is 2.38. The van der Waals surface area contributed by atoms with Crippen molar-refractivity contribution < 1.29 is 4.39 Å². The first-order chi connectivity index (χ1) is 8.20. The monoisotopic (exact) mass is 229 g/mol. The zero-order valence-electron chi connectivity index (χ0n) is 9.86. The van der Waals surface area contributed by atoms with Gasteiger partial charge < -0.3 is 5.73 Å². The average molecular weight is 229 g/mol. The lowest BCUT2D eigenvalue weighted by molar-refractivity contribution is 0.628. The van der Waals surface area contributed by atoms with Gasteiger partial charge in [-0.15, -0.1) is 0 Å². The number of nitrogens with two attached hydrogens (primary N) is 1. The summed E-state index contributed by atoms with van der Waals surface area (Å²) in [5.41, 5.74) is 8.97. The second-order valence-electron chi connectivity index (χ2n) is 4.15. The van der Waals surface area contributed by atoms with Gasteiger partial charge in [0.25, 0.3) is 0 Å². The highest BCUT2D eigenvalue weighted by Crippen LogP contribution is 2.22. The Labute approximate surface area is 101 Å². The van der Waals surface area contributed by atoms with Crippen LogP contribution < -0.4 is 5.73 Å². The maximum atomic E-state index is 13.1. The fourth-order valence-corrected chi connectivity index (χ4v) is 1.83. The molecule has 0 fully saturated rings. The van der Waals surface area contributed by atoms with E-state index in [1.54, 1.807) is 6.07 Å². The molecule has 2 aromatic carbocycles. The van der Waals surface area contributed by atoms with Gasteiger partial charge in [-0.2, -0.15) is 0 Å². The second kappa shape index (κ2) is 5.11. The second-order valence-corrected chi connectivity index (χ2v) is 4.15. The Kier molecular flexibility index (Phi) is 3.55. The van der Waals surface area contributed by atoms with E-state index in [9.17, 15) is 4.39 Å². The standard InChI is InChI=1S/C15H16FN/c1-2-15(17)12-8-6-11(7-9-12)13-4-3-5-14(16)10-13/h3-10,15H,2,17H2,1H3. The Morgan fingerprint density at radius 1 is 1.06 bits per heavy atom. The first-order valence-corrected chi connectivity index (χ1v) is 5.82. The van der Waals surface area contributed by atoms with Crippen LogP contribution in [0.5, 0.6) is 0 Å². The molecule has 2 N–H and O–H groups in total. The molecule has 0 radical (unpaired) electrons. The van der Waals surface area contributed by atoms with Crippen LogP contribution in [0.1, 0.15) is 24.9 Å². The van der Waals surface area contributed by atoms with Crippen LogP contribution in [0.25, 0.3) is 11.1 Å². The van der Waals surface area contributed by atoms with Crippen molar-refractivity contribution in [1.29, 1.82) is 0 Å². The Hall–Kier alpha value is -1.67. The third kappa shape index (κ3) is 2.71. The fourth-order valence-electron chi connectivity index (χ4n) is 1.83. The normalized spacial score (nSPS) is 12.4. The van der Waals surface area contributed by atoms with Crippen LogP contribution in [0.3, 0.4) is 0 Å². The van der Waals surface area contributed by atoms with Crippen molar-refractivity contribution in [2.24, 2.45) is 5.73 Å². The number of hydrogen-bond donors (Lipinski definition) is 1. The van der Waals surface area contributed by atoms with Crippen LogP contribution in [-0.4, -0.2) is 0 Å². The minimum absolute atomic E-state index is 0.0801. The molecule has 0 bridgehead atoms. The van der Waals surface area contributed by atoms with E-state index in [4.69, 9.17) is 5.73 Å². The van der Waals surface area contributed by atoms with Gasteiger partial charge in [0.2, 0.25) is 0 Å². The maximum absolute atomic E-state index is 13.1. The Bertz CT molecular complexity index is 491. The minimum Gasteiger partial charge on any atom is -0.324 e. The molecule has 2 rings (SSSR count). The van der Waals surface area contributed by atoms with Gasteiger partial charge in [0.15, 0.2) is 0 Å². The van der Waals surface area contributed by atoms with Crippen molar-refractivity contribution in [3.05, 3.63) is 59.9 Å². The Morgan fingerprint density at radius 2 is 1.76 bits per heavy atom. The van der Waals surface area contributed by atoms with Crippen molar-refractivity contribution in [1.82, 2.24) is 0 Å². The van der Waals surface area contributed by atoms with Gasteiger partial charge in [0.1, 0.15) is 5.82 Å². The largest absolute Gasteiger partial charge is 0.324 e. The molecular weight excluding hydrogens is 213 g/mol. The molecule has 0 aromatic heterocycles. The molecule has 0 aliphatic heterocycles. The lowest BCUT2D eigenvalue weighted by atomic mass is 10.00. The number of benzene rings is 2. The van der Waals surface area contributed by atoms with Gasteiger partial charge >= 0.3 is 0 Å². The van der Waals surface area contributed by atoms with E-state index in [0.29, 0.717) is 0 Å². The first-order valence-electron chi connectivity index (χ1n) is 5.82. The smallest absolute Gasteiger partial charge is 0.123 e. The third-order valence-corrected chi connectivity index (χ3v) is 2.94. The summed E-state index contributed by atoms with van der Waals surface area (Å²) in [4.78, 5) is 0. The molecule has 88 valence electrons. The molecule has 0 aliphatic carbocycles. The zero-order valence-corrected chi connectivity index (χ0v) is 9.86. The predicted octanol–water partition coefficient (Wildman–Crippen LogP) is 3.90.